The molecule has 2 atom stereocenters. The maximum Gasteiger partial charge on any atom is 0.320 e. The van der Waals surface area contributed by atoms with Gasteiger partial charge in [0.2, 0.25) is 0 Å². The normalized spacial score (nSPS) is 24.9. The SMILES string of the molecule is CC(C)OC(=O)CNCC1CCCCC1CO. The van der Waals surface area contributed by atoms with E-state index in [0.29, 0.717) is 11.8 Å². The van der Waals surface area contributed by atoms with Crippen LogP contribution in [0.4, 0.5) is 0 Å². The molecule has 4 nitrogen and oxygen atoms in total. The third-order valence-electron chi connectivity index (χ3n) is 3.34. The van der Waals surface area contributed by atoms with Crippen LogP contribution in [0.3, 0.4) is 0 Å². The zero-order chi connectivity index (χ0) is 12.7. The number of aliphatic hydroxyl groups is 1. The molecule has 1 rings (SSSR count). The van der Waals surface area contributed by atoms with Crippen LogP contribution in [0.2, 0.25) is 0 Å². The van der Waals surface area contributed by atoms with Crippen molar-refractivity contribution in [3.05, 3.63) is 0 Å². The fraction of sp³-hybridized carbons (Fsp3) is 0.923. The number of hydrogen-bond acceptors (Lipinski definition) is 4. The Morgan fingerprint density at radius 2 is 2.00 bits per heavy atom. The lowest BCUT2D eigenvalue weighted by Crippen LogP contribution is -2.35. The zero-order valence-corrected chi connectivity index (χ0v) is 10.9. The summed E-state index contributed by atoms with van der Waals surface area (Å²) in [6, 6.07) is 0. The van der Waals surface area contributed by atoms with E-state index in [1.807, 2.05) is 13.8 Å². The average molecular weight is 243 g/mol. The number of carbonyl (C=O) groups excluding carboxylic acids is 1. The minimum absolute atomic E-state index is 0.0517. The predicted molar refractivity (Wildman–Crippen MR) is 66.6 cm³/mol. The van der Waals surface area contributed by atoms with Gasteiger partial charge in [0.25, 0.3) is 0 Å². The van der Waals surface area contributed by atoms with E-state index in [1.54, 1.807) is 0 Å². The minimum atomic E-state index is -0.198. The van der Waals surface area contributed by atoms with Gasteiger partial charge in [-0.05, 0) is 45.1 Å². The molecule has 0 bridgehead atoms. The van der Waals surface area contributed by atoms with Crippen LogP contribution in [0.15, 0.2) is 0 Å². The van der Waals surface area contributed by atoms with Crippen LogP contribution >= 0.6 is 0 Å². The third-order valence-corrected chi connectivity index (χ3v) is 3.34. The predicted octanol–water partition coefficient (Wildman–Crippen LogP) is 1.33. The van der Waals surface area contributed by atoms with Gasteiger partial charge in [0.05, 0.1) is 12.6 Å². The van der Waals surface area contributed by atoms with Gasteiger partial charge in [-0.15, -0.1) is 0 Å². The molecule has 0 aliphatic heterocycles. The van der Waals surface area contributed by atoms with Crippen molar-refractivity contribution in [2.75, 3.05) is 19.7 Å². The van der Waals surface area contributed by atoms with Crippen molar-refractivity contribution in [3.8, 4) is 0 Å². The van der Waals surface area contributed by atoms with Gasteiger partial charge in [-0.3, -0.25) is 4.79 Å². The molecular formula is C13H25NO3. The fourth-order valence-corrected chi connectivity index (χ4v) is 2.46. The molecule has 2 N–H and O–H groups in total. The highest BCUT2D eigenvalue weighted by atomic mass is 16.5. The molecule has 0 aromatic rings. The highest BCUT2D eigenvalue weighted by molar-refractivity contribution is 5.71. The standard InChI is InChI=1S/C13H25NO3/c1-10(2)17-13(16)8-14-7-11-5-3-4-6-12(11)9-15/h10-12,14-15H,3-9H2,1-2H3. The summed E-state index contributed by atoms with van der Waals surface area (Å²) in [6.07, 6.45) is 4.66. The van der Waals surface area contributed by atoms with Gasteiger partial charge in [-0.1, -0.05) is 12.8 Å². The summed E-state index contributed by atoms with van der Waals surface area (Å²) in [5, 5.41) is 12.4. The Balaban J connectivity index is 2.18. The van der Waals surface area contributed by atoms with Crippen molar-refractivity contribution in [3.63, 3.8) is 0 Å². The molecule has 100 valence electrons. The largest absolute Gasteiger partial charge is 0.462 e. The molecule has 17 heavy (non-hydrogen) atoms. The van der Waals surface area contributed by atoms with Crippen molar-refractivity contribution in [1.29, 1.82) is 0 Å². The fourth-order valence-electron chi connectivity index (χ4n) is 2.46. The van der Waals surface area contributed by atoms with Crippen LogP contribution in [0.25, 0.3) is 0 Å². The Morgan fingerprint density at radius 1 is 1.35 bits per heavy atom. The van der Waals surface area contributed by atoms with Gasteiger partial charge in [0.15, 0.2) is 0 Å². The first-order chi connectivity index (χ1) is 8.13. The van der Waals surface area contributed by atoms with Gasteiger partial charge in [0.1, 0.15) is 0 Å². The molecule has 0 amide bonds. The van der Waals surface area contributed by atoms with E-state index in [9.17, 15) is 9.90 Å². The summed E-state index contributed by atoms with van der Waals surface area (Å²) in [4.78, 5) is 11.3. The van der Waals surface area contributed by atoms with Crippen LogP contribution < -0.4 is 5.32 Å². The molecular weight excluding hydrogens is 218 g/mol. The lowest BCUT2D eigenvalue weighted by molar-refractivity contribution is -0.146. The Kier molecular flexibility index (Phi) is 6.52. The van der Waals surface area contributed by atoms with Crippen LogP contribution in [-0.4, -0.2) is 36.9 Å². The maximum atomic E-state index is 11.3. The van der Waals surface area contributed by atoms with Crippen molar-refractivity contribution in [1.82, 2.24) is 5.32 Å². The molecule has 4 heteroatoms. The second-order valence-corrected chi connectivity index (χ2v) is 5.16. The van der Waals surface area contributed by atoms with E-state index in [1.165, 1.54) is 12.8 Å². The smallest absolute Gasteiger partial charge is 0.320 e. The van der Waals surface area contributed by atoms with Crippen LogP contribution in [0, 0.1) is 11.8 Å². The quantitative estimate of drug-likeness (QED) is 0.691. The molecule has 1 saturated carbocycles. The van der Waals surface area contributed by atoms with Crippen molar-refractivity contribution in [2.24, 2.45) is 11.8 Å². The molecule has 0 radical (unpaired) electrons. The first kappa shape index (κ1) is 14.5. The number of esters is 1. The van der Waals surface area contributed by atoms with Crippen LogP contribution in [0.5, 0.6) is 0 Å². The highest BCUT2D eigenvalue weighted by Gasteiger charge is 2.24. The molecule has 0 aromatic heterocycles. The Bertz CT molecular complexity index is 231. The van der Waals surface area contributed by atoms with E-state index in [2.05, 4.69) is 5.32 Å². The van der Waals surface area contributed by atoms with Gasteiger partial charge in [-0.25, -0.2) is 0 Å². The Labute approximate surface area is 104 Å². The van der Waals surface area contributed by atoms with Crippen molar-refractivity contribution < 1.29 is 14.6 Å². The van der Waals surface area contributed by atoms with Gasteiger partial charge in [-0.2, -0.15) is 0 Å². The second kappa shape index (κ2) is 7.67. The molecule has 1 aliphatic carbocycles. The molecule has 0 spiro atoms. The van der Waals surface area contributed by atoms with E-state index >= 15 is 0 Å². The number of ether oxygens (including phenoxy) is 1. The van der Waals surface area contributed by atoms with E-state index in [0.717, 1.165) is 19.4 Å². The summed E-state index contributed by atoms with van der Waals surface area (Å²) in [7, 11) is 0. The van der Waals surface area contributed by atoms with Gasteiger partial charge >= 0.3 is 5.97 Å². The average Bonchev–Trinajstić information content (AvgIpc) is 2.28. The maximum absolute atomic E-state index is 11.3. The summed E-state index contributed by atoms with van der Waals surface area (Å²) in [6.45, 7) is 5.04. The number of nitrogens with one attached hydrogen (secondary N) is 1. The Hall–Kier alpha value is -0.610. The molecule has 2 unspecified atom stereocenters. The lowest BCUT2D eigenvalue weighted by Gasteiger charge is -2.30. The first-order valence-electron chi connectivity index (χ1n) is 6.64. The van der Waals surface area contributed by atoms with Crippen molar-refractivity contribution >= 4 is 5.97 Å². The molecule has 0 heterocycles. The van der Waals surface area contributed by atoms with Crippen molar-refractivity contribution in [2.45, 2.75) is 45.6 Å². The molecule has 0 aromatic carbocycles. The summed E-state index contributed by atoms with van der Waals surface area (Å²) < 4.78 is 5.04. The summed E-state index contributed by atoms with van der Waals surface area (Å²) >= 11 is 0. The lowest BCUT2D eigenvalue weighted by atomic mass is 9.79. The number of aliphatic hydroxyl groups excluding tert-OH is 1. The number of hydrogen-bond donors (Lipinski definition) is 2. The topological polar surface area (TPSA) is 58.6 Å². The number of rotatable bonds is 6. The van der Waals surface area contributed by atoms with E-state index in [4.69, 9.17) is 4.74 Å². The monoisotopic (exact) mass is 243 g/mol. The van der Waals surface area contributed by atoms with Gasteiger partial charge in [0, 0.05) is 6.61 Å². The van der Waals surface area contributed by atoms with Crippen LogP contribution in [-0.2, 0) is 9.53 Å². The first-order valence-corrected chi connectivity index (χ1v) is 6.64. The Morgan fingerprint density at radius 3 is 2.59 bits per heavy atom. The highest BCUT2D eigenvalue weighted by Crippen LogP contribution is 2.28. The van der Waals surface area contributed by atoms with Crippen LogP contribution in [0.1, 0.15) is 39.5 Å². The number of carbonyl (C=O) groups is 1. The van der Waals surface area contributed by atoms with Gasteiger partial charge < -0.3 is 15.2 Å². The minimum Gasteiger partial charge on any atom is -0.462 e. The zero-order valence-electron chi connectivity index (χ0n) is 10.9. The molecule has 0 saturated heterocycles. The van der Waals surface area contributed by atoms with E-state index < -0.39 is 0 Å². The van der Waals surface area contributed by atoms with E-state index in [-0.39, 0.29) is 25.2 Å². The molecule has 1 fully saturated rings. The molecule has 1 aliphatic rings. The summed E-state index contributed by atoms with van der Waals surface area (Å²) in [5.74, 6) is 0.703. The summed E-state index contributed by atoms with van der Waals surface area (Å²) in [5.41, 5.74) is 0. The second-order valence-electron chi connectivity index (χ2n) is 5.16. The third kappa shape index (κ3) is 5.50.